The molecule has 4 heterocycles. The Labute approximate surface area is 162 Å². The first-order valence-electron chi connectivity index (χ1n) is 8.81. The maximum atomic E-state index is 4.35. The average molecular weight is 385 g/mol. The summed E-state index contributed by atoms with van der Waals surface area (Å²) in [4.78, 5) is 13.2. The first-order valence-corrected chi connectivity index (χ1v) is 8.81. The van der Waals surface area contributed by atoms with Crippen LogP contribution in [-0.4, -0.2) is 35.1 Å². The first-order chi connectivity index (χ1) is 11.1. The molecule has 4 nitrogen and oxygen atoms in total. The van der Waals surface area contributed by atoms with Crippen LogP contribution in [-0.2, 0) is 16.5 Å². The van der Waals surface area contributed by atoms with Crippen molar-refractivity contribution in [2.75, 3.05) is 23.9 Å². The van der Waals surface area contributed by atoms with E-state index in [-0.39, 0.29) is 27.6 Å². The van der Waals surface area contributed by atoms with Crippen molar-refractivity contribution in [3.8, 4) is 0 Å². The van der Waals surface area contributed by atoms with Crippen molar-refractivity contribution in [3.63, 3.8) is 0 Å². The second kappa shape index (κ2) is 6.43. The summed E-state index contributed by atoms with van der Waals surface area (Å²) in [6.07, 6.45) is 3.79. The summed E-state index contributed by atoms with van der Waals surface area (Å²) in [5, 5.41) is 0. The number of likely N-dealkylation sites (N-methyl/N-ethyl adjacent to an activating group) is 2. The Morgan fingerprint density at radius 1 is 0.800 bits per heavy atom. The molecule has 0 saturated heterocycles. The maximum absolute atomic E-state index is 4.35. The predicted octanol–water partition coefficient (Wildman–Crippen LogP) is 4.26. The van der Waals surface area contributed by atoms with Crippen LogP contribution in [0.2, 0.25) is 0 Å². The number of hydrogen-bond donors (Lipinski definition) is 0. The van der Waals surface area contributed by atoms with Crippen molar-refractivity contribution in [1.29, 1.82) is 0 Å². The minimum atomic E-state index is 0. The molecule has 2 atom stereocenters. The number of hydrogen-bond acceptors (Lipinski definition) is 4. The molecular weight excluding hydrogens is 355 g/mol. The van der Waals surface area contributed by atoms with Gasteiger partial charge in [0.25, 0.3) is 0 Å². The van der Waals surface area contributed by atoms with Crippen molar-refractivity contribution in [1.82, 2.24) is 9.97 Å². The number of nitrogens with zero attached hydrogens (tertiary/aromatic N) is 4. The normalized spacial score (nSPS) is 25.0. The van der Waals surface area contributed by atoms with E-state index in [0.29, 0.717) is 11.8 Å². The van der Waals surface area contributed by atoms with Crippen LogP contribution in [0.15, 0.2) is 24.5 Å². The van der Waals surface area contributed by atoms with E-state index in [1.807, 2.05) is 12.4 Å². The van der Waals surface area contributed by atoms with Gasteiger partial charge in [-0.2, -0.15) is 23.3 Å². The summed E-state index contributed by atoms with van der Waals surface area (Å²) in [6, 6.07) is 4.26. The van der Waals surface area contributed by atoms with E-state index >= 15 is 0 Å². The van der Waals surface area contributed by atoms with Gasteiger partial charge >= 0.3 is 16.5 Å². The Balaban J connectivity index is 0.000000173. The van der Waals surface area contributed by atoms with Crippen LogP contribution >= 0.6 is 0 Å². The Morgan fingerprint density at radius 3 is 1.40 bits per heavy atom. The quantitative estimate of drug-likeness (QED) is 0.501. The van der Waals surface area contributed by atoms with Crippen LogP contribution in [0, 0.1) is 0 Å². The van der Waals surface area contributed by atoms with Gasteiger partial charge in [0, 0.05) is 11.1 Å². The Hall–Kier alpha value is -1.35. The van der Waals surface area contributed by atoms with Crippen LogP contribution in [0.4, 0.5) is 11.6 Å². The van der Waals surface area contributed by atoms with E-state index in [4.69, 9.17) is 0 Å². The summed E-state index contributed by atoms with van der Waals surface area (Å²) in [5.41, 5.74) is 3.22. The number of rotatable bonds is 0. The zero-order valence-electron chi connectivity index (χ0n) is 16.6. The van der Waals surface area contributed by atoms with Crippen molar-refractivity contribution < 1.29 is 16.5 Å². The number of anilines is 2. The fourth-order valence-corrected chi connectivity index (χ4v) is 3.80. The predicted molar refractivity (Wildman–Crippen MR) is 101 cm³/mol. The van der Waals surface area contributed by atoms with E-state index in [1.165, 1.54) is 11.1 Å². The summed E-state index contributed by atoms with van der Waals surface area (Å²) in [5.74, 6) is 3.49. The minimum Gasteiger partial charge on any atom is -0.416 e. The fourth-order valence-electron chi connectivity index (χ4n) is 3.80. The monoisotopic (exact) mass is 384 g/mol. The number of aromatic nitrogens is 2. The molecule has 0 amide bonds. The van der Waals surface area contributed by atoms with E-state index in [9.17, 15) is 0 Å². The van der Waals surface area contributed by atoms with Crippen LogP contribution in [0.25, 0.3) is 0 Å². The van der Waals surface area contributed by atoms with Crippen molar-refractivity contribution in [2.24, 2.45) is 0 Å². The minimum absolute atomic E-state index is 0. The van der Waals surface area contributed by atoms with Crippen LogP contribution in [0.1, 0.15) is 64.5 Å². The zero-order valence-corrected chi connectivity index (χ0v) is 17.6. The Bertz CT molecular complexity index is 612. The molecule has 25 heavy (non-hydrogen) atoms. The van der Waals surface area contributed by atoms with Gasteiger partial charge in [0.15, 0.2) is 0 Å². The van der Waals surface area contributed by atoms with Crippen molar-refractivity contribution in [3.05, 3.63) is 35.7 Å². The molecule has 2 aliphatic rings. The molecule has 0 N–H and O–H groups in total. The molecule has 2 aromatic heterocycles. The Morgan fingerprint density at radius 2 is 1.12 bits per heavy atom. The molecule has 2 aromatic rings. The largest absolute Gasteiger partial charge is 2.00 e. The molecule has 0 bridgehead atoms. The van der Waals surface area contributed by atoms with Crippen LogP contribution in [0.3, 0.4) is 0 Å². The smallest absolute Gasteiger partial charge is 0.416 e. The van der Waals surface area contributed by atoms with Crippen molar-refractivity contribution in [2.45, 2.75) is 64.5 Å². The molecule has 0 radical (unpaired) electrons. The van der Waals surface area contributed by atoms with Gasteiger partial charge < -0.3 is 19.8 Å². The van der Waals surface area contributed by atoms with E-state index in [0.717, 1.165) is 11.6 Å². The van der Waals surface area contributed by atoms with Gasteiger partial charge in [-0.05, 0) is 65.3 Å². The van der Waals surface area contributed by atoms with Gasteiger partial charge in [0.05, 0.1) is 0 Å². The standard InChI is InChI=1S/2C10H15N2.Ni/c2*1-7-8-5-6-11-9(8)12(4)10(7,2)3;/h2*5-7H,1-4H3;/q2*-1;+2. The summed E-state index contributed by atoms with van der Waals surface area (Å²) in [7, 11) is 4.24. The third-order valence-corrected chi connectivity index (χ3v) is 6.83. The molecule has 2 unspecified atom stereocenters. The van der Waals surface area contributed by atoms with Gasteiger partial charge in [0.1, 0.15) is 0 Å². The van der Waals surface area contributed by atoms with Gasteiger partial charge in [0.2, 0.25) is 0 Å². The molecule has 0 fully saturated rings. The maximum Gasteiger partial charge on any atom is 2.00 e. The Kier molecular flexibility index (Phi) is 5.13. The summed E-state index contributed by atoms with van der Waals surface area (Å²) >= 11 is 0. The molecular formula is C20H30N4Ni. The third kappa shape index (κ3) is 2.81. The second-order valence-electron chi connectivity index (χ2n) is 8.32. The molecule has 4 rings (SSSR count). The molecule has 0 spiro atoms. The molecule has 0 saturated carbocycles. The fraction of sp³-hybridized carbons (Fsp3) is 0.600. The van der Waals surface area contributed by atoms with E-state index < -0.39 is 0 Å². The molecule has 5 heteroatoms. The average Bonchev–Trinajstić information content (AvgIpc) is 3.25. The molecule has 140 valence electrons. The van der Waals surface area contributed by atoms with Gasteiger partial charge in [-0.3, -0.25) is 0 Å². The van der Waals surface area contributed by atoms with E-state index in [2.05, 4.69) is 87.5 Å². The molecule has 0 aliphatic carbocycles. The molecule has 0 aromatic carbocycles. The van der Waals surface area contributed by atoms with E-state index in [1.54, 1.807) is 0 Å². The zero-order chi connectivity index (χ0) is 17.9. The summed E-state index contributed by atoms with van der Waals surface area (Å²) < 4.78 is 0. The van der Waals surface area contributed by atoms with Crippen LogP contribution in [0.5, 0.6) is 0 Å². The number of fused-ring (bicyclic) bond motifs is 2. The SMILES string of the molecule is CC1c2c[cH-]nc2N(C)C1(C)C.CC1c2c[cH-]nc2N(C)C1(C)C.[Ni+2]. The second-order valence-corrected chi connectivity index (χ2v) is 8.32. The van der Waals surface area contributed by atoms with Crippen LogP contribution < -0.4 is 9.80 Å². The third-order valence-electron chi connectivity index (χ3n) is 6.83. The van der Waals surface area contributed by atoms with Crippen molar-refractivity contribution >= 4 is 11.6 Å². The topological polar surface area (TPSA) is 32.3 Å². The van der Waals surface area contributed by atoms with Gasteiger partial charge in [-0.15, -0.1) is 0 Å². The molecule has 2 aliphatic heterocycles. The van der Waals surface area contributed by atoms with Gasteiger partial charge in [-0.1, -0.05) is 26.2 Å². The first kappa shape index (κ1) is 20.0. The van der Waals surface area contributed by atoms with Gasteiger partial charge in [-0.25, -0.2) is 0 Å². The summed E-state index contributed by atoms with van der Waals surface area (Å²) in [6.45, 7) is 13.6.